The smallest absolute Gasteiger partial charge is 0.271 e. The van der Waals surface area contributed by atoms with Crippen molar-refractivity contribution in [2.75, 3.05) is 29.9 Å². The van der Waals surface area contributed by atoms with Crippen LogP contribution in [-0.4, -0.2) is 74.3 Å². The third-order valence-corrected chi connectivity index (χ3v) is 9.11. The third kappa shape index (κ3) is 5.13. The zero-order chi connectivity index (χ0) is 22.8. The van der Waals surface area contributed by atoms with Crippen molar-refractivity contribution in [3.05, 3.63) is 24.3 Å². The zero-order valence-corrected chi connectivity index (χ0v) is 19.1. The Morgan fingerprint density at radius 1 is 1.26 bits per heavy atom. The van der Waals surface area contributed by atoms with Gasteiger partial charge in [-0.3, -0.25) is 9.59 Å². The molecule has 1 fully saturated rings. The normalized spacial score (nSPS) is 21.3. The van der Waals surface area contributed by atoms with Gasteiger partial charge in [-0.15, -0.1) is 0 Å². The molecule has 31 heavy (non-hydrogen) atoms. The highest BCUT2D eigenvalue weighted by Gasteiger charge is 2.37. The number of nitrogens with zero attached hydrogens (tertiary/aromatic N) is 3. The maximum Gasteiger partial charge on any atom is 0.271 e. The first-order valence-electron chi connectivity index (χ1n) is 10.1. The van der Waals surface area contributed by atoms with Crippen LogP contribution < -0.4 is 5.32 Å². The summed E-state index contributed by atoms with van der Waals surface area (Å²) in [7, 11) is -6.89. The summed E-state index contributed by atoms with van der Waals surface area (Å²) >= 11 is 0. The molecule has 3 rings (SSSR count). The molecule has 10 nitrogen and oxygen atoms in total. The molecule has 2 aliphatic rings. The van der Waals surface area contributed by atoms with E-state index < -0.39 is 31.8 Å². The Morgan fingerprint density at radius 2 is 1.97 bits per heavy atom. The summed E-state index contributed by atoms with van der Waals surface area (Å²) in [6.45, 7) is 4.15. The molecule has 1 saturated heterocycles. The Labute approximate surface area is 182 Å². The van der Waals surface area contributed by atoms with Crippen LogP contribution in [0, 0.1) is 0 Å². The van der Waals surface area contributed by atoms with Crippen LogP contribution in [0.25, 0.3) is 0 Å². The second kappa shape index (κ2) is 9.05. The molecule has 0 bridgehead atoms. The maximum atomic E-state index is 12.7. The van der Waals surface area contributed by atoms with Gasteiger partial charge in [0.2, 0.25) is 15.9 Å². The van der Waals surface area contributed by atoms with Gasteiger partial charge < -0.3 is 5.32 Å². The highest BCUT2D eigenvalue weighted by Crippen LogP contribution is 2.23. The van der Waals surface area contributed by atoms with E-state index >= 15 is 0 Å². The molecule has 12 heteroatoms. The molecule has 170 valence electrons. The number of sulfone groups is 1. The van der Waals surface area contributed by atoms with Crippen molar-refractivity contribution in [3.63, 3.8) is 0 Å². The molecule has 2 aliphatic heterocycles. The number of anilines is 1. The number of sulfonamides is 1. The first-order chi connectivity index (χ1) is 14.6. The Morgan fingerprint density at radius 3 is 2.58 bits per heavy atom. The van der Waals surface area contributed by atoms with Crippen molar-refractivity contribution < 1.29 is 26.4 Å². The van der Waals surface area contributed by atoms with E-state index in [4.69, 9.17) is 0 Å². The Hall–Kier alpha value is -2.31. The molecule has 1 unspecified atom stereocenters. The predicted molar refractivity (Wildman–Crippen MR) is 116 cm³/mol. The van der Waals surface area contributed by atoms with Crippen LogP contribution in [0.1, 0.15) is 33.1 Å². The van der Waals surface area contributed by atoms with Gasteiger partial charge in [-0.05, 0) is 24.6 Å². The van der Waals surface area contributed by atoms with Gasteiger partial charge in [-0.1, -0.05) is 19.9 Å². The number of hydrazone groups is 1. The first-order valence-corrected chi connectivity index (χ1v) is 13.3. The summed E-state index contributed by atoms with van der Waals surface area (Å²) in [6, 6.07) is 5.37. The summed E-state index contributed by atoms with van der Waals surface area (Å²) in [5.74, 6) is -1.05. The Balaban J connectivity index is 1.78. The molecule has 0 saturated carbocycles. The topological polar surface area (TPSA) is 133 Å². The number of rotatable bonds is 7. The van der Waals surface area contributed by atoms with Crippen molar-refractivity contribution in [1.82, 2.24) is 9.31 Å². The van der Waals surface area contributed by atoms with Gasteiger partial charge in [0.1, 0.15) is 5.71 Å². The van der Waals surface area contributed by atoms with E-state index in [-0.39, 0.29) is 53.0 Å². The van der Waals surface area contributed by atoms with Gasteiger partial charge in [0.05, 0.1) is 22.4 Å². The number of carbonyl (C=O) groups excluding carboxylic acids is 2. The first kappa shape index (κ1) is 23.4. The number of hydrogen-bond acceptors (Lipinski definition) is 7. The fourth-order valence-electron chi connectivity index (χ4n) is 3.64. The Bertz CT molecular complexity index is 1110. The quantitative estimate of drug-likeness (QED) is 0.627. The summed E-state index contributed by atoms with van der Waals surface area (Å²) in [4.78, 5) is 25.0. The summed E-state index contributed by atoms with van der Waals surface area (Å²) in [5, 5.41) is 7.88. The monoisotopic (exact) mass is 470 g/mol. The molecule has 1 aromatic carbocycles. The lowest BCUT2D eigenvalue weighted by molar-refractivity contribution is -0.133. The molecule has 0 radical (unpaired) electrons. The Kier molecular flexibility index (Phi) is 6.82. The van der Waals surface area contributed by atoms with E-state index in [1.54, 1.807) is 19.9 Å². The standard InChI is InChI=1S/C19H26N4O6S2/c1-3-22(4-2)31(28,29)16-7-5-6-14(12-16)20-19(25)17-8-9-18(24)23(21-17)15-10-11-30(26,27)13-15/h5-7,12,15H,3-4,8-11,13H2,1-2H3,(H,20,25). The maximum absolute atomic E-state index is 12.7. The summed E-state index contributed by atoms with van der Waals surface area (Å²) in [5.41, 5.74) is 0.383. The number of carbonyl (C=O) groups is 2. The molecular weight excluding hydrogens is 444 g/mol. The van der Waals surface area contributed by atoms with E-state index in [9.17, 15) is 26.4 Å². The minimum absolute atomic E-state index is 0.00764. The van der Waals surface area contributed by atoms with Crippen LogP contribution in [0.3, 0.4) is 0 Å². The summed E-state index contributed by atoms with van der Waals surface area (Å²) < 4.78 is 50.2. The van der Waals surface area contributed by atoms with Gasteiger partial charge in [-0.25, -0.2) is 21.8 Å². The second-order valence-electron chi connectivity index (χ2n) is 7.41. The van der Waals surface area contributed by atoms with Gasteiger partial charge in [0.25, 0.3) is 5.91 Å². The van der Waals surface area contributed by atoms with E-state index in [0.29, 0.717) is 13.1 Å². The SMILES string of the molecule is CCN(CC)S(=O)(=O)c1cccc(NC(=O)C2=NN(C3CCS(=O)(=O)C3)C(=O)CC2)c1. The number of nitrogens with one attached hydrogen (secondary N) is 1. The minimum Gasteiger partial charge on any atom is -0.321 e. The second-order valence-corrected chi connectivity index (χ2v) is 11.6. The molecular formula is C19H26N4O6S2. The van der Waals surface area contributed by atoms with Crippen molar-refractivity contribution in [1.29, 1.82) is 0 Å². The van der Waals surface area contributed by atoms with E-state index in [1.165, 1.54) is 22.5 Å². The summed E-state index contributed by atoms with van der Waals surface area (Å²) in [6.07, 6.45) is 0.467. The van der Waals surface area contributed by atoms with Crippen molar-refractivity contribution >= 4 is 43.1 Å². The average Bonchev–Trinajstić information content (AvgIpc) is 3.08. The van der Waals surface area contributed by atoms with E-state index in [1.807, 2.05) is 0 Å². The zero-order valence-electron chi connectivity index (χ0n) is 17.4. The molecule has 1 atom stereocenters. The lowest BCUT2D eigenvalue weighted by atomic mass is 10.1. The highest BCUT2D eigenvalue weighted by molar-refractivity contribution is 7.91. The van der Waals surface area contributed by atoms with Crippen molar-refractivity contribution in [2.24, 2.45) is 5.10 Å². The molecule has 0 aliphatic carbocycles. The van der Waals surface area contributed by atoms with Crippen LogP contribution in [0.4, 0.5) is 5.69 Å². The fraction of sp³-hybridized carbons (Fsp3) is 0.526. The van der Waals surface area contributed by atoms with Crippen molar-refractivity contribution in [2.45, 2.75) is 44.0 Å². The van der Waals surface area contributed by atoms with Gasteiger partial charge in [-0.2, -0.15) is 9.41 Å². The van der Waals surface area contributed by atoms with Crippen LogP contribution in [0.15, 0.2) is 34.3 Å². The lowest BCUT2D eigenvalue weighted by Gasteiger charge is -2.27. The molecule has 1 N–H and O–H groups in total. The van der Waals surface area contributed by atoms with Crippen LogP contribution in [0.5, 0.6) is 0 Å². The third-order valence-electron chi connectivity index (χ3n) is 5.31. The molecule has 0 spiro atoms. The predicted octanol–water partition coefficient (Wildman–Crippen LogP) is 0.821. The fourth-order valence-corrected chi connectivity index (χ4v) is 6.83. The average molecular weight is 471 g/mol. The molecule has 2 amide bonds. The molecule has 1 aromatic rings. The number of benzene rings is 1. The van der Waals surface area contributed by atoms with Gasteiger partial charge >= 0.3 is 0 Å². The lowest BCUT2D eigenvalue weighted by Crippen LogP contribution is -2.42. The minimum atomic E-state index is -3.68. The number of hydrogen-bond donors (Lipinski definition) is 1. The van der Waals surface area contributed by atoms with Crippen LogP contribution in [0.2, 0.25) is 0 Å². The van der Waals surface area contributed by atoms with Crippen LogP contribution in [-0.2, 0) is 29.4 Å². The number of amides is 2. The van der Waals surface area contributed by atoms with Crippen LogP contribution >= 0.6 is 0 Å². The van der Waals surface area contributed by atoms with Gasteiger partial charge in [0.15, 0.2) is 9.84 Å². The molecule has 0 aromatic heterocycles. The van der Waals surface area contributed by atoms with E-state index in [0.717, 1.165) is 5.01 Å². The highest BCUT2D eigenvalue weighted by atomic mass is 32.2. The molecule has 2 heterocycles. The van der Waals surface area contributed by atoms with E-state index in [2.05, 4.69) is 10.4 Å². The van der Waals surface area contributed by atoms with Crippen molar-refractivity contribution in [3.8, 4) is 0 Å². The largest absolute Gasteiger partial charge is 0.321 e. The van der Waals surface area contributed by atoms with Gasteiger partial charge in [0, 0.05) is 31.6 Å².